The predicted molar refractivity (Wildman–Crippen MR) is 166 cm³/mol. The van der Waals surface area contributed by atoms with Crippen molar-refractivity contribution in [3.63, 3.8) is 0 Å². The number of hydrogen-bond donors (Lipinski definition) is 1. The fourth-order valence-corrected chi connectivity index (χ4v) is 10.1. The number of fused-ring (bicyclic) bond motifs is 2. The number of ether oxygens (including phenoxy) is 1. The highest BCUT2D eigenvalue weighted by atomic mass is 32.2. The third-order valence-corrected chi connectivity index (χ3v) is 10.8. The summed E-state index contributed by atoms with van der Waals surface area (Å²) in [4.78, 5) is 48.7. The van der Waals surface area contributed by atoms with Gasteiger partial charge in [0.2, 0.25) is 17.7 Å². The van der Waals surface area contributed by atoms with Crippen LogP contribution in [0, 0.1) is 17.3 Å². The third kappa shape index (κ3) is 4.96. The zero-order chi connectivity index (χ0) is 30.7. The Morgan fingerprint density at radius 2 is 1.62 bits per heavy atom. The predicted octanol–water partition coefficient (Wildman–Crippen LogP) is 4.28. The molecule has 0 aliphatic carbocycles. The molecule has 2 saturated heterocycles. The van der Waals surface area contributed by atoms with Crippen molar-refractivity contribution in [2.75, 3.05) is 37.7 Å². The quantitative estimate of drug-likeness (QED) is 0.474. The first-order valence-corrected chi connectivity index (χ1v) is 15.8. The van der Waals surface area contributed by atoms with Gasteiger partial charge in [-0.2, -0.15) is 0 Å². The largest absolute Gasteiger partial charge is 0.494 e. The molecule has 42 heavy (non-hydrogen) atoms. The van der Waals surface area contributed by atoms with Crippen molar-refractivity contribution in [3.05, 3.63) is 48.6 Å². The number of rotatable bonds is 7. The van der Waals surface area contributed by atoms with Crippen LogP contribution in [-0.4, -0.2) is 86.6 Å². The van der Waals surface area contributed by atoms with Gasteiger partial charge in [0.15, 0.2) is 0 Å². The summed E-state index contributed by atoms with van der Waals surface area (Å²) in [5.74, 6) is -1.18. The van der Waals surface area contributed by atoms with Crippen LogP contribution in [0.5, 0.6) is 5.75 Å². The number of thioether (sulfide) groups is 1. The molecule has 3 amide bonds. The second-order valence-electron chi connectivity index (χ2n) is 13.9. The van der Waals surface area contributed by atoms with Gasteiger partial charge in [-0.25, -0.2) is 0 Å². The number of nitrogens with zero attached hydrogens (tertiary/aromatic N) is 3. The molecule has 228 valence electrons. The molecule has 5 rings (SSSR count). The molecule has 0 aromatic heterocycles. The van der Waals surface area contributed by atoms with Crippen molar-refractivity contribution in [2.24, 2.45) is 17.3 Å². The van der Waals surface area contributed by atoms with E-state index in [1.807, 2.05) is 61.2 Å². The Morgan fingerprint density at radius 3 is 2.24 bits per heavy atom. The van der Waals surface area contributed by atoms with E-state index in [0.29, 0.717) is 19.7 Å². The van der Waals surface area contributed by atoms with Gasteiger partial charge in [0.05, 0.1) is 29.8 Å². The maximum absolute atomic E-state index is 14.6. The number of carbonyl (C=O) groups excluding carboxylic acids is 3. The van der Waals surface area contributed by atoms with Crippen LogP contribution in [0.1, 0.15) is 54.9 Å². The maximum atomic E-state index is 14.6. The average Bonchev–Trinajstić information content (AvgIpc) is 3.14. The lowest BCUT2D eigenvalue weighted by Gasteiger charge is -2.44. The van der Waals surface area contributed by atoms with Gasteiger partial charge < -0.3 is 24.5 Å². The van der Waals surface area contributed by atoms with Crippen molar-refractivity contribution in [1.82, 2.24) is 9.80 Å². The van der Waals surface area contributed by atoms with E-state index in [1.165, 1.54) is 0 Å². The first-order chi connectivity index (χ1) is 19.7. The number of aliphatic hydroxyl groups is 1. The highest BCUT2D eigenvalue weighted by Crippen LogP contribution is 2.65. The summed E-state index contributed by atoms with van der Waals surface area (Å²) < 4.78 is 3.97. The summed E-state index contributed by atoms with van der Waals surface area (Å²) in [6.45, 7) is 15.8. The molecular formula is C33H45N3O5S. The van der Waals surface area contributed by atoms with Gasteiger partial charge in [-0.3, -0.25) is 14.4 Å². The van der Waals surface area contributed by atoms with E-state index >= 15 is 0 Å². The standard InChI is InChI=1S/C33H45N3O5S/c1-8-41-23-13-11-22(12-14-23)34-17-9-15-32(7)24(27(34)38)25-28(39)35(19-20-37)26-29(40)36(18-10-16-33(25,26)42-32)31(5,6)21-30(2,3)4/h9-16,24-26,37H,8,17-21H2,1-7H3/t24-,25-,26?,32+,33-/m0/s1. The molecule has 0 saturated carbocycles. The average molecular weight is 596 g/mol. The Labute approximate surface area is 254 Å². The zero-order valence-electron chi connectivity index (χ0n) is 25.9. The van der Waals surface area contributed by atoms with E-state index in [1.54, 1.807) is 21.6 Å². The number of hydrogen-bond acceptors (Lipinski definition) is 6. The van der Waals surface area contributed by atoms with Crippen LogP contribution in [-0.2, 0) is 14.4 Å². The SMILES string of the molecule is CCOc1ccc(N2CC=C[C@@]3(C)S[C@]45C=CCN(C(C)(C)CC(C)(C)C)C(=O)C4N(CCO)C(=O)[C@@H]5[C@H]3C2=O)cc1. The first-order valence-electron chi connectivity index (χ1n) is 15.0. The number of amides is 3. The Kier molecular flexibility index (Phi) is 7.84. The number of carbonyl (C=O) groups is 3. The molecule has 4 heterocycles. The molecule has 4 aliphatic heterocycles. The van der Waals surface area contributed by atoms with Crippen LogP contribution in [0.25, 0.3) is 0 Å². The molecule has 4 aliphatic rings. The minimum atomic E-state index is -0.933. The molecule has 1 aromatic carbocycles. The fourth-order valence-electron chi connectivity index (χ4n) is 7.93. The van der Waals surface area contributed by atoms with Gasteiger partial charge in [-0.05, 0) is 63.8 Å². The maximum Gasteiger partial charge on any atom is 0.247 e. The Bertz CT molecular complexity index is 1300. The second-order valence-corrected chi connectivity index (χ2v) is 15.7. The van der Waals surface area contributed by atoms with E-state index in [4.69, 9.17) is 4.74 Å². The summed E-state index contributed by atoms with van der Waals surface area (Å²) >= 11 is 1.57. The first kappa shape index (κ1) is 30.7. The van der Waals surface area contributed by atoms with E-state index in [2.05, 4.69) is 40.7 Å². The van der Waals surface area contributed by atoms with Gasteiger partial charge in [0, 0.05) is 35.6 Å². The van der Waals surface area contributed by atoms with Gasteiger partial charge in [-0.1, -0.05) is 45.1 Å². The van der Waals surface area contributed by atoms with Crippen LogP contribution in [0.15, 0.2) is 48.6 Å². The van der Waals surface area contributed by atoms with Gasteiger partial charge in [0.25, 0.3) is 0 Å². The van der Waals surface area contributed by atoms with Crippen LogP contribution in [0.2, 0.25) is 0 Å². The monoisotopic (exact) mass is 595 g/mol. The summed E-state index contributed by atoms with van der Waals surface area (Å²) in [7, 11) is 0. The molecule has 0 radical (unpaired) electrons. The summed E-state index contributed by atoms with van der Waals surface area (Å²) in [5.41, 5.74) is 0.259. The van der Waals surface area contributed by atoms with Gasteiger partial charge >= 0.3 is 0 Å². The Morgan fingerprint density at radius 1 is 0.952 bits per heavy atom. The number of benzene rings is 1. The molecule has 9 heteroatoms. The molecule has 5 atom stereocenters. The fraction of sp³-hybridized carbons (Fsp3) is 0.606. The third-order valence-electron chi connectivity index (χ3n) is 9.05. The Balaban J connectivity index is 1.57. The Hall–Kier alpha value is -2.78. The van der Waals surface area contributed by atoms with Crippen molar-refractivity contribution in [1.29, 1.82) is 0 Å². The number of β-amino-alcohol motifs (C(OH)–C–C–N with tert-alkyl or cyclic N) is 1. The normalized spacial score (nSPS) is 31.2. The smallest absolute Gasteiger partial charge is 0.247 e. The highest BCUT2D eigenvalue weighted by molar-refractivity contribution is 8.02. The minimum Gasteiger partial charge on any atom is -0.494 e. The summed E-state index contributed by atoms with van der Waals surface area (Å²) in [6.07, 6.45) is 8.90. The number of likely N-dealkylation sites (tertiary alicyclic amines) is 1. The van der Waals surface area contributed by atoms with E-state index in [-0.39, 0.29) is 36.3 Å². The lowest BCUT2D eigenvalue weighted by Crippen LogP contribution is -2.59. The molecule has 1 aromatic rings. The van der Waals surface area contributed by atoms with Crippen LogP contribution in [0.4, 0.5) is 5.69 Å². The molecule has 1 unspecified atom stereocenters. The molecule has 1 spiro atoms. The van der Waals surface area contributed by atoms with E-state index in [0.717, 1.165) is 17.9 Å². The minimum absolute atomic E-state index is 0.0133. The van der Waals surface area contributed by atoms with Gasteiger partial charge in [0.1, 0.15) is 11.8 Å². The van der Waals surface area contributed by atoms with E-state index < -0.39 is 32.9 Å². The van der Waals surface area contributed by atoms with Crippen LogP contribution in [0.3, 0.4) is 0 Å². The molecule has 8 nitrogen and oxygen atoms in total. The summed E-state index contributed by atoms with van der Waals surface area (Å²) in [5, 5.41) is 10.0. The second kappa shape index (κ2) is 10.7. The highest BCUT2D eigenvalue weighted by Gasteiger charge is 2.74. The van der Waals surface area contributed by atoms with Crippen LogP contribution < -0.4 is 9.64 Å². The lowest BCUT2D eigenvalue weighted by atomic mass is 9.74. The van der Waals surface area contributed by atoms with Crippen LogP contribution >= 0.6 is 11.8 Å². The van der Waals surface area contributed by atoms with Crippen molar-refractivity contribution in [3.8, 4) is 5.75 Å². The van der Waals surface area contributed by atoms with Crippen molar-refractivity contribution in [2.45, 2.75) is 76.0 Å². The van der Waals surface area contributed by atoms with E-state index in [9.17, 15) is 19.5 Å². The molecule has 0 bridgehead atoms. The zero-order valence-corrected chi connectivity index (χ0v) is 26.7. The lowest BCUT2D eigenvalue weighted by molar-refractivity contribution is -0.146. The topological polar surface area (TPSA) is 90.4 Å². The van der Waals surface area contributed by atoms with Crippen molar-refractivity contribution < 1.29 is 24.2 Å². The molecular weight excluding hydrogens is 550 g/mol. The molecule has 2 fully saturated rings. The summed E-state index contributed by atoms with van der Waals surface area (Å²) in [6, 6.07) is 6.64. The number of aliphatic hydroxyl groups excluding tert-OH is 1. The van der Waals surface area contributed by atoms with Gasteiger partial charge in [-0.15, -0.1) is 11.8 Å². The van der Waals surface area contributed by atoms with Crippen molar-refractivity contribution >= 4 is 35.2 Å². The molecule has 1 N–H and O–H groups in total. The number of anilines is 1.